The summed E-state index contributed by atoms with van der Waals surface area (Å²) in [7, 11) is 0. The minimum atomic E-state index is -0.342. The maximum atomic E-state index is 13.4. The summed E-state index contributed by atoms with van der Waals surface area (Å²) in [5.74, 6) is -0.587. The second-order valence-corrected chi connectivity index (χ2v) is 7.31. The van der Waals surface area contributed by atoms with Crippen LogP contribution in [-0.2, 0) is 6.42 Å². The number of nitrogens with zero attached hydrogens (tertiary/aromatic N) is 1. The van der Waals surface area contributed by atoms with E-state index in [1.807, 2.05) is 30.3 Å². The van der Waals surface area contributed by atoms with Crippen molar-refractivity contribution in [2.45, 2.75) is 6.42 Å². The molecule has 1 N–H and O–H groups in total. The average Bonchev–Trinajstić information content (AvgIpc) is 2.98. The highest BCUT2D eigenvalue weighted by molar-refractivity contribution is 7.21. The van der Waals surface area contributed by atoms with Gasteiger partial charge in [0.05, 0.1) is 10.5 Å². The number of carbonyl (C=O) groups is 1. The summed E-state index contributed by atoms with van der Waals surface area (Å²) in [6.07, 6.45) is 2.43. The van der Waals surface area contributed by atoms with Crippen molar-refractivity contribution in [2.24, 2.45) is 0 Å². The van der Waals surface area contributed by atoms with Crippen LogP contribution in [0.1, 0.15) is 15.2 Å². The first-order chi connectivity index (χ1) is 12.6. The summed E-state index contributed by atoms with van der Waals surface area (Å²) in [6.45, 7) is 0.466. The van der Waals surface area contributed by atoms with Crippen LogP contribution in [0.2, 0.25) is 5.02 Å². The third-order valence-electron chi connectivity index (χ3n) is 4.19. The lowest BCUT2D eigenvalue weighted by Gasteiger charge is -2.07. The van der Waals surface area contributed by atoms with E-state index in [4.69, 9.17) is 11.6 Å². The van der Waals surface area contributed by atoms with E-state index in [1.165, 1.54) is 23.5 Å². The Hall–Kier alpha value is -2.50. The highest BCUT2D eigenvalue weighted by Gasteiger charge is 2.17. The lowest BCUT2D eigenvalue weighted by atomic mass is 10.1. The average molecular weight is 385 g/mol. The molecule has 2 aromatic carbocycles. The standard InChI is InChI=1S/C20H14ClFN2OS/c21-17-15-7-6-14(22)11-16(15)26-19(17)20(25)24-10-8-13-4-1-3-12-5-2-9-23-18(12)13/h1-7,9,11H,8,10H2,(H,24,25). The molecule has 1 amide bonds. The van der Waals surface area contributed by atoms with Crippen LogP contribution >= 0.6 is 22.9 Å². The number of benzene rings is 2. The van der Waals surface area contributed by atoms with Gasteiger partial charge in [-0.2, -0.15) is 0 Å². The molecular weight excluding hydrogens is 371 g/mol. The minimum absolute atomic E-state index is 0.246. The Labute approximate surface area is 158 Å². The predicted molar refractivity (Wildman–Crippen MR) is 105 cm³/mol. The van der Waals surface area contributed by atoms with Crippen LogP contribution in [-0.4, -0.2) is 17.4 Å². The van der Waals surface area contributed by atoms with Crippen molar-refractivity contribution in [3.8, 4) is 0 Å². The zero-order valence-corrected chi connectivity index (χ0v) is 15.2. The van der Waals surface area contributed by atoms with Gasteiger partial charge in [0.25, 0.3) is 5.91 Å². The molecule has 0 aliphatic heterocycles. The first-order valence-corrected chi connectivity index (χ1v) is 9.31. The Kier molecular flexibility index (Phi) is 4.57. The number of amides is 1. The molecule has 0 radical (unpaired) electrons. The van der Waals surface area contributed by atoms with Gasteiger partial charge in [-0.05, 0) is 36.2 Å². The van der Waals surface area contributed by atoms with Gasteiger partial charge in [0, 0.05) is 28.2 Å². The first-order valence-electron chi connectivity index (χ1n) is 8.12. The molecule has 4 rings (SSSR count). The molecule has 6 heteroatoms. The molecule has 0 spiro atoms. The number of rotatable bonds is 4. The predicted octanol–water partition coefficient (Wildman–Crippen LogP) is 5.21. The number of pyridine rings is 1. The molecule has 0 saturated heterocycles. The quantitative estimate of drug-likeness (QED) is 0.524. The fourth-order valence-corrected chi connectivity index (χ4v) is 4.40. The summed E-state index contributed by atoms with van der Waals surface area (Å²) < 4.78 is 14.0. The molecule has 2 heterocycles. The Morgan fingerprint density at radius 1 is 1.19 bits per heavy atom. The largest absolute Gasteiger partial charge is 0.351 e. The van der Waals surface area contributed by atoms with E-state index < -0.39 is 0 Å². The van der Waals surface area contributed by atoms with Crippen molar-refractivity contribution in [3.05, 3.63) is 76.0 Å². The number of carbonyl (C=O) groups excluding carboxylic acids is 1. The van der Waals surface area contributed by atoms with Crippen molar-refractivity contribution in [1.82, 2.24) is 10.3 Å². The highest BCUT2D eigenvalue weighted by Crippen LogP contribution is 2.35. The molecular formula is C20H14ClFN2OS. The van der Waals surface area contributed by atoms with Crippen LogP contribution < -0.4 is 5.32 Å². The summed E-state index contributed by atoms with van der Waals surface area (Å²) in [5.41, 5.74) is 2.02. The summed E-state index contributed by atoms with van der Waals surface area (Å²) in [6, 6.07) is 14.3. The van der Waals surface area contributed by atoms with Crippen LogP contribution in [0.5, 0.6) is 0 Å². The van der Waals surface area contributed by atoms with Crippen molar-refractivity contribution in [1.29, 1.82) is 0 Å². The van der Waals surface area contributed by atoms with Gasteiger partial charge in [-0.3, -0.25) is 9.78 Å². The lowest BCUT2D eigenvalue weighted by molar-refractivity contribution is 0.0958. The number of fused-ring (bicyclic) bond motifs is 2. The van der Waals surface area contributed by atoms with Crippen molar-refractivity contribution >= 4 is 49.8 Å². The van der Waals surface area contributed by atoms with Crippen LogP contribution in [0.25, 0.3) is 21.0 Å². The SMILES string of the molecule is O=C(NCCc1cccc2cccnc12)c1sc2cc(F)ccc2c1Cl. The maximum Gasteiger partial charge on any atom is 0.262 e. The number of hydrogen-bond donors (Lipinski definition) is 1. The van der Waals surface area contributed by atoms with Gasteiger partial charge < -0.3 is 5.32 Å². The second-order valence-electron chi connectivity index (χ2n) is 5.88. The number of para-hydroxylation sites is 1. The van der Waals surface area contributed by atoms with Crippen LogP contribution in [0.15, 0.2) is 54.7 Å². The molecule has 0 aliphatic carbocycles. The Balaban J connectivity index is 1.50. The molecule has 0 unspecified atom stereocenters. The van der Waals surface area contributed by atoms with E-state index in [2.05, 4.69) is 10.3 Å². The molecule has 26 heavy (non-hydrogen) atoms. The maximum absolute atomic E-state index is 13.4. The van der Waals surface area contributed by atoms with Crippen molar-refractivity contribution in [2.75, 3.05) is 6.54 Å². The van der Waals surface area contributed by atoms with Crippen LogP contribution in [0, 0.1) is 5.82 Å². The number of aromatic nitrogens is 1. The van der Waals surface area contributed by atoms with Crippen molar-refractivity contribution in [3.63, 3.8) is 0 Å². The topological polar surface area (TPSA) is 42.0 Å². The molecule has 130 valence electrons. The van der Waals surface area contributed by atoms with E-state index >= 15 is 0 Å². The summed E-state index contributed by atoms with van der Waals surface area (Å²) in [5, 5.41) is 5.03. The highest BCUT2D eigenvalue weighted by atomic mass is 35.5. The molecule has 3 nitrogen and oxygen atoms in total. The lowest BCUT2D eigenvalue weighted by Crippen LogP contribution is -2.25. The smallest absolute Gasteiger partial charge is 0.262 e. The number of nitrogens with one attached hydrogen (secondary N) is 1. The van der Waals surface area contributed by atoms with Gasteiger partial charge >= 0.3 is 0 Å². The number of thiophene rings is 1. The zero-order chi connectivity index (χ0) is 18.1. The molecule has 2 aromatic heterocycles. The third kappa shape index (κ3) is 3.16. The Morgan fingerprint density at radius 3 is 2.92 bits per heavy atom. The van der Waals surface area contributed by atoms with Gasteiger partial charge in [0.1, 0.15) is 10.7 Å². The monoisotopic (exact) mass is 384 g/mol. The van der Waals surface area contributed by atoms with Gasteiger partial charge in [-0.15, -0.1) is 11.3 Å². The molecule has 0 atom stereocenters. The van der Waals surface area contributed by atoms with E-state index in [-0.39, 0.29) is 11.7 Å². The van der Waals surface area contributed by atoms with Crippen molar-refractivity contribution < 1.29 is 9.18 Å². The fourth-order valence-electron chi connectivity index (χ4n) is 2.95. The van der Waals surface area contributed by atoms with Gasteiger partial charge in [-0.25, -0.2) is 4.39 Å². The first kappa shape index (κ1) is 16.9. The summed E-state index contributed by atoms with van der Waals surface area (Å²) in [4.78, 5) is 17.3. The summed E-state index contributed by atoms with van der Waals surface area (Å²) >= 11 is 7.49. The third-order valence-corrected chi connectivity index (χ3v) is 5.85. The molecule has 0 saturated carbocycles. The van der Waals surface area contributed by atoms with Crippen LogP contribution in [0.3, 0.4) is 0 Å². The van der Waals surface area contributed by atoms with E-state index in [0.29, 0.717) is 33.0 Å². The van der Waals surface area contributed by atoms with E-state index in [0.717, 1.165) is 16.5 Å². The molecule has 4 aromatic rings. The van der Waals surface area contributed by atoms with Gasteiger partial charge in [-0.1, -0.05) is 35.9 Å². The molecule has 0 bridgehead atoms. The Bertz CT molecular complexity index is 1120. The van der Waals surface area contributed by atoms with E-state index in [9.17, 15) is 9.18 Å². The van der Waals surface area contributed by atoms with Gasteiger partial charge in [0.15, 0.2) is 0 Å². The van der Waals surface area contributed by atoms with E-state index in [1.54, 1.807) is 12.3 Å². The Morgan fingerprint density at radius 2 is 2.04 bits per heavy atom. The second kappa shape index (κ2) is 7.02. The normalized spacial score (nSPS) is 11.2. The fraction of sp³-hybridized carbons (Fsp3) is 0.100. The number of hydrogen-bond acceptors (Lipinski definition) is 3. The molecule has 0 fully saturated rings. The minimum Gasteiger partial charge on any atom is -0.351 e. The zero-order valence-electron chi connectivity index (χ0n) is 13.6. The van der Waals surface area contributed by atoms with Crippen LogP contribution in [0.4, 0.5) is 4.39 Å². The molecule has 0 aliphatic rings. The van der Waals surface area contributed by atoms with Gasteiger partial charge in [0.2, 0.25) is 0 Å². The number of halogens is 2.